The van der Waals surface area contributed by atoms with Gasteiger partial charge in [0.25, 0.3) is 0 Å². The summed E-state index contributed by atoms with van der Waals surface area (Å²) in [6.45, 7) is 2.17. The van der Waals surface area contributed by atoms with Crippen LogP contribution in [0, 0.1) is 0 Å². The van der Waals surface area contributed by atoms with E-state index in [1.54, 1.807) is 0 Å². The number of ether oxygens (including phenoxy) is 1. The molecule has 0 spiro atoms. The Labute approximate surface area is 128 Å². The van der Waals surface area contributed by atoms with Gasteiger partial charge in [0.15, 0.2) is 0 Å². The molecule has 0 radical (unpaired) electrons. The zero-order valence-electron chi connectivity index (χ0n) is 10.3. The minimum atomic E-state index is 0.0154. The number of cyclic esters (lactones) is 1. The molecule has 0 N–H and O–H groups in total. The Hall–Kier alpha value is -0.0605. The maximum atomic E-state index is 11.9. The molecule has 0 aliphatic carbocycles. The quantitative estimate of drug-likeness (QED) is 0.315. The summed E-state index contributed by atoms with van der Waals surface area (Å²) < 4.78 is 7.28. The number of carbonyl (C=O) groups excluding carboxylic acids is 1. The molecule has 1 fully saturated rings. The van der Waals surface area contributed by atoms with Gasteiger partial charge in [0, 0.05) is 0 Å². The van der Waals surface area contributed by atoms with Crippen LogP contribution in [0.4, 0.5) is 0 Å². The van der Waals surface area contributed by atoms with Gasteiger partial charge in [-0.25, -0.2) is 0 Å². The maximum absolute atomic E-state index is 11.9. The van der Waals surface area contributed by atoms with E-state index in [1.807, 2.05) is 18.2 Å². The molecule has 4 heteroatoms. The van der Waals surface area contributed by atoms with E-state index in [4.69, 9.17) is 4.74 Å². The van der Waals surface area contributed by atoms with Crippen LogP contribution in [-0.2, 0) is 9.53 Å². The van der Waals surface area contributed by atoms with Crippen LogP contribution in [0.25, 0.3) is 0 Å². The molecule has 1 aromatic rings. The van der Waals surface area contributed by atoms with Gasteiger partial charge in [-0.3, -0.25) is 0 Å². The van der Waals surface area contributed by atoms with Crippen molar-refractivity contribution in [3.63, 3.8) is 0 Å². The average molecular weight is 423 g/mol. The van der Waals surface area contributed by atoms with Gasteiger partial charge < -0.3 is 0 Å². The van der Waals surface area contributed by atoms with Crippen LogP contribution in [0.3, 0.4) is 0 Å². The summed E-state index contributed by atoms with van der Waals surface area (Å²) >= 11 is 2.63. The van der Waals surface area contributed by atoms with Gasteiger partial charge in [0.1, 0.15) is 0 Å². The molecule has 18 heavy (non-hydrogen) atoms. The molecular weight excluding hydrogens is 406 g/mol. The van der Waals surface area contributed by atoms with E-state index in [2.05, 4.69) is 41.6 Å². The van der Waals surface area contributed by atoms with Crippen molar-refractivity contribution in [3.8, 4) is 0 Å². The summed E-state index contributed by atoms with van der Waals surface area (Å²) in [6.07, 6.45) is 3.31. The van der Waals surface area contributed by atoms with Gasteiger partial charge in [0.2, 0.25) is 0 Å². The molecule has 2 nitrogen and oxygen atoms in total. The second kappa shape index (κ2) is 6.92. The minimum absolute atomic E-state index is 0.0154. The van der Waals surface area contributed by atoms with Gasteiger partial charge in [0.05, 0.1) is 0 Å². The van der Waals surface area contributed by atoms with Crippen molar-refractivity contribution < 1.29 is 9.53 Å². The van der Waals surface area contributed by atoms with E-state index < -0.39 is 0 Å². The summed E-state index contributed by atoms with van der Waals surface area (Å²) in [5, 5.41) is 0. The number of benzene rings is 1. The summed E-state index contributed by atoms with van der Waals surface area (Å²) in [6, 6.07) is 10.3. The monoisotopic (exact) mass is 424 g/mol. The standard InChI is InChI=1S/C14H17IO2Se/c1-2-6-11(15)12-9-13(14(16)17-12)18-10-7-4-3-5-8-10/h3-5,7-8,11-13H,2,6,9H2,1H3. The second-order valence-electron chi connectivity index (χ2n) is 4.44. The van der Waals surface area contributed by atoms with Crippen molar-refractivity contribution in [2.75, 3.05) is 0 Å². The zero-order chi connectivity index (χ0) is 13.0. The van der Waals surface area contributed by atoms with Gasteiger partial charge in [-0.1, -0.05) is 0 Å². The van der Waals surface area contributed by atoms with Crippen molar-refractivity contribution in [2.45, 2.75) is 41.0 Å². The number of carbonyl (C=O) groups is 1. The Morgan fingerprint density at radius 1 is 1.44 bits per heavy atom. The fourth-order valence-corrected chi connectivity index (χ4v) is 5.35. The number of hydrogen-bond acceptors (Lipinski definition) is 2. The molecule has 3 atom stereocenters. The summed E-state index contributed by atoms with van der Waals surface area (Å²) in [4.78, 5) is 12.0. The molecule has 0 saturated carbocycles. The van der Waals surface area contributed by atoms with E-state index in [0.717, 1.165) is 19.3 Å². The third-order valence-corrected chi connectivity index (χ3v) is 6.94. The molecule has 1 aliphatic rings. The van der Waals surface area contributed by atoms with Crippen molar-refractivity contribution in [3.05, 3.63) is 30.3 Å². The Morgan fingerprint density at radius 3 is 2.83 bits per heavy atom. The van der Waals surface area contributed by atoms with Crippen molar-refractivity contribution >= 4 is 48.0 Å². The summed E-state index contributed by atoms with van der Waals surface area (Å²) in [5.74, 6) is 0.0154. The van der Waals surface area contributed by atoms with Crippen LogP contribution in [0.1, 0.15) is 26.2 Å². The van der Waals surface area contributed by atoms with Gasteiger partial charge in [-0.05, 0) is 0 Å². The van der Waals surface area contributed by atoms with E-state index in [1.165, 1.54) is 4.46 Å². The van der Waals surface area contributed by atoms with Crippen LogP contribution in [0.15, 0.2) is 30.3 Å². The fraction of sp³-hybridized carbons (Fsp3) is 0.500. The molecule has 1 aromatic carbocycles. The molecule has 0 amide bonds. The van der Waals surface area contributed by atoms with Crippen molar-refractivity contribution in [1.29, 1.82) is 0 Å². The molecular formula is C14H17IO2Se. The van der Waals surface area contributed by atoms with Gasteiger partial charge in [-0.2, -0.15) is 0 Å². The number of esters is 1. The number of alkyl halides is 1. The van der Waals surface area contributed by atoms with E-state index in [0.29, 0.717) is 3.92 Å². The van der Waals surface area contributed by atoms with Crippen LogP contribution in [0.5, 0.6) is 0 Å². The molecule has 1 saturated heterocycles. The van der Waals surface area contributed by atoms with Crippen LogP contribution in [0.2, 0.25) is 4.82 Å². The number of hydrogen-bond donors (Lipinski definition) is 0. The SMILES string of the molecule is CCCC(I)C1CC([Se]c2ccccc2)C(=O)O1. The molecule has 98 valence electrons. The van der Waals surface area contributed by atoms with E-state index >= 15 is 0 Å². The summed E-state index contributed by atoms with van der Waals surface area (Å²) in [5.41, 5.74) is 0. The number of halogens is 1. The van der Waals surface area contributed by atoms with E-state index in [-0.39, 0.29) is 31.8 Å². The van der Waals surface area contributed by atoms with Crippen LogP contribution in [-0.4, -0.2) is 31.0 Å². The molecule has 1 heterocycles. The Balaban J connectivity index is 1.93. The molecule has 3 unspecified atom stereocenters. The Kier molecular flexibility index (Phi) is 5.52. The third kappa shape index (κ3) is 3.72. The Bertz CT molecular complexity index is 396. The number of rotatable bonds is 5. The predicted octanol–water partition coefficient (Wildman–Crippen LogP) is 2.72. The molecule has 0 aromatic heterocycles. The first-order valence-corrected chi connectivity index (χ1v) is 9.36. The average Bonchev–Trinajstić information content (AvgIpc) is 2.73. The van der Waals surface area contributed by atoms with Crippen LogP contribution >= 0.6 is 22.6 Å². The first-order valence-electron chi connectivity index (χ1n) is 6.27. The first kappa shape index (κ1) is 14.4. The van der Waals surface area contributed by atoms with Gasteiger partial charge >= 0.3 is 129 Å². The normalized spacial score (nSPS) is 24.9. The zero-order valence-corrected chi connectivity index (χ0v) is 14.2. The fourth-order valence-electron chi connectivity index (χ4n) is 2.02. The molecule has 0 bridgehead atoms. The van der Waals surface area contributed by atoms with Crippen molar-refractivity contribution in [1.82, 2.24) is 0 Å². The van der Waals surface area contributed by atoms with Crippen molar-refractivity contribution in [2.24, 2.45) is 0 Å². The third-order valence-electron chi connectivity index (χ3n) is 2.97. The van der Waals surface area contributed by atoms with E-state index in [9.17, 15) is 4.79 Å². The summed E-state index contributed by atoms with van der Waals surface area (Å²) in [7, 11) is 0. The van der Waals surface area contributed by atoms with Crippen LogP contribution < -0.4 is 4.46 Å². The molecule has 1 aliphatic heterocycles. The Morgan fingerprint density at radius 2 is 2.17 bits per heavy atom. The predicted molar refractivity (Wildman–Crippen MR) is 82.8 cm³/mol. The topological polar surface area (TPSA) is 26.3 Å². The molecule has 2 rings (SSSR count). The first-order chi connectivity index (χ1) is 8.70. The second-order valence-corrected chi connectivity index (χ2v) is 8.71. The van der Waals surface area contributed by atoms with Gasteiger partial charge in [-0.15, -0.1) is 0 Å².